The summed E-state index contributed by atoms with van der Waals surface area (Å²) in [6.45, 7) is 4.41. The van der Waals surface area contributed by atoms with E-state index in [1.54, 1.807) is 6.20 Å². The van der Waals surface area contributed by atoms with Gasteiger partial charge in [-0.1, -0.05) is 26.0 Å². The Hall–Kier alpha value is -1.46. The molecule has 4 nitrogen and oxygen atoms in total. The minimum atomic E-state index is 0.266. The van der Waals surface area contributed by atoms with Crippen LogP contribution >= 0.6 is 15.9 Å². The van der Waals surface area contributed by atoms with Crippen molar-refractivity contribution >= 4 is 15.9 Å². The summed E-state index contributed by atoms with van der Waals surface area (Å²) in [5, 5.41) is 0. The molecule has 1 aromatic heterocycles. The van der Waals surface area contributed by atoms with E-state index in [2.05, 4.69) is 25.9 Å². The van der Waals surface area contributed by atoms with E-state index in [0.717, 1.165) is 21.7 Å². The van der Waals surface area contributed by atoms with Crippen LogP contribution in [-0.4, -0.2) is 9.97 Å². The molecule has 100 valence electrons. The van der Waals surface area contributed by atoms with Crippen molar-refractivity contribution < 1.29 is 4.74 Å². The third-order valence-electron chi connectivity index (χ3n) is 2.61. The fourth-order valence-corrected chi connectivity index (χ4v) is 1.94. The Kier molecular flexibility index (Phi) is 4.50. The summed E-state index contributed by atoms with van der Waals surface area (Å²) in [4.78, 5) is 8.75. The van der Waals surface area contributed by atoms with E-state index in [4.69, 9.17) is 10.5 Å². The molecule has 0 amide bonds. The van der Waals surface area contributed by atoms with Crippen molar-refractivity contribution in [2.24, 2.45) is 5.73 Å². The zero-order chi connectivity index (χ0) is 13.8. The van der Waals surface area contributed by atoms with E-state index >= 15 is 0 Å². The lowest BCUT2D eigenvalue weighted by molar-refractivity contribution is 0.464. The van der Waals surface area contributed by atoms with Gasteiger partial charge in [0.05, 0.1) is 10.7 Å². The molecule has 0 aliphatic heterocycles. The average molecular weight is 322 g/mol. The second-order valence-corrected chi connectivity index (χ2v) is 5.28. The summed E-state index contributed by atoms with van der Waals surface area (Å²) in [5.74, 6) is 2.36. The highest BCUT2D eigenvalue weighted by molar-refractivity contribution is 9.10. The molecule has 2 rings (SSSR count). The average Bonchev–Trinajstić information content (AvgIpc) is 2.41. The van der Waals surface area contributed by atoms with E-state index in [0.29, 0.717) is 12.3 Å². The maximum Gasteiger partial charge on any atom is 0.168 e. The van der Waals surface area contributed by atoms with Crippen LogP contribution in [0.3, 0.4) is 0 Å². The van der Waals surface area contributed by atoms with Crippen molar-refractivity contribution in [3.63, 3.8) is 0 Å². The van der Waals surface area contributed by atoms with Crippen LogP contribution < -0.4 is 10.5 Å². The first kappa shape index (κ1) is 14.0. The Morgan fingerprint density at radius 3 is 2.63 bits per heavy atom. The number of rotatable bonds is 4. The van der Waals surface area contributed by atoms with Crippen LogP contribution in [0.25, 0.3) is 0 Å². The number of hydrogen-bond donors (Lipinski definition) is 1. The predicted octanol–water partition coefficient (Wildman–Crippen LogP) is 3.61. The monoisotopic (exact) mass is 321 g/mol. The Bertz CT molecular complexity index is 572. The van der Waals surface area contributed by atoms with Crippen LogP contribution in [0.4, 0.5) is 0 Å². The summed E-state index contributed by atoms with van der Waals surface area (Å²) in [7, 11) is 0. The summed E-state index contributed by atoms with van der Waals surface area (Å²) in [5.41, 5.74) is 6.45. The molecule has 0 saturated heterocycles. The molecule has 1 heterocycles. The first-order valence-corrected chi connectivity index (χ1v) is 6.89. The van der Waals surface area contributed by atoms with E-state index in [1.165, 1.54) is 0 Å². The standard InChI is InChI=1S/C14H16BrN3O/c1-9(2)14-17-8-13(11(7-16)18-14)19-12-6-4-3-5-10(12)15/h3-6,8-9H,7,16H2,1-2H3. The van der Waals surface area contributed by atoms with Crippen molar-refractivity contribution in [3.05, 3.63) is 46.5 Å². The SMILES string of the molecule is CC(C)c1ncc(Oc2ccccc2Br)c(CN)n1. The maximum absolute atomic E-state index is 5.81. The summed E-state index contributed by atoms with van der Waals surface area (Å²) >= 11 is 3.44. The highest BCUT2D eigenvalue weighted by Crippen LogP contribution is 2.30. The Morgan fingerprint density at radius 2 is 2.00 bits per heavy atom. The van der Waals surface area contributed by atoms with Crippen LogP contribution in [0.15, 0.2) is 34.9 Å². The van der Waals surface area contributed by atoms with Gasteiger partial charge in [-0.3, -0.25) is 0 Å². The van der Waals surface area contributed by atoms with Crippen LogP contribution in [0.2, 0.25) is 0 Å². The van der Waals surface area contributed by atoms with Crippen molar-refractivity contribution in [1.29, 1.82) is 0 Å². The topological polar surface area (TPSA) is 61.0 Å². The second kappa shape index (κ2) is 6.12. The Morgan fingerprint density at radius 1 is 1.26 bits per heavy atom. The lowest BCUT2D eigenvalue weighted by Gasteiger charge is -2.12. The molecule has 0 bridgehead atoms. The molecule has 5 heteroatoms. The van der Waals surface area contributed by atoms with Gasteiger partial charge in [0.15, 0.2) is 5.75 Å². The smallest absolute Gasteiger partial charge is 0.168 e. The van der Waals surface area contributed by atoms with Gasteiger partial charge in [-0.15, -0.1) is 0 Å². The lowest BCUT2D eigenvalue weighted by Crippen LogP contribution is -2.07. The molecule has 0 fully saturated rings. The number of nitrogens with two attached hydrogens (primary N) is 1. The fraction of sp³-hybridized carbons (Fsp3) is 0.286. The minimum absolute atomic E-state index is 0.266. The van der Waals surface area contributed by atoms with E-state index in [9.17, 15) is 0 Å². The molecular formula is C14H16BrN3O. The number of benzene rings is 1. The largest absolute Gasteiger partial charge is 0.453 e. The van der Waals surface area contributed by atoms with Gasteiger partial charge in [0.2, 0.25) is 0 Å². The van der Waals surface area contributed by atoms with Gasteiger partial charge in [0.25, 0.3) is 0 Å². The normalized spacial score (nSPS) is 10.8. The molecule has 0 unspecified atom stereocenters. The highest BCUT2D eigenvalue weighted by Gasteiger charge is 2.11. The number of halogens is 1. The molecule has 1 aromatic carbocycles. The van der Waals surface area contributed by atoms with Gasteiger partial charge >= 0.3 is 0 Å². The predicted molar refractivity (Wildman–Crippen MR) is 78.2 cm³/mol. The number of nitrogens with zero attached hydrogens (tertiary/aromatic N) is 2. The number of ether oxygens (including phenoxy) is 1. The van der Waals surface area contributed by atoms with Gasteiger partial charge < -0.3 is 10.5 Å². The number of para-hydroxylation sites is 1. The van der Waals surface area contributed by atoms with Crippen LogP contribution in [0, 0.1) is 0 Å². The molecular weight excluding hydrogens is 306 g/mol. The molecule has 0 saturated carbocycles. The minimum Gasteiger partial charge on any atom is -0.453 e. The molecule has 0 aliphatic carbocycles. The quantitative estimate of drug-likeness (QED) is 0.934. The van der Waals surface area contributed by atoms with Crippen LogP contribution in [0.5, 0.6) is 11.5 Å². The Labute approximate surface area is 121 Å². The van der Waals surface area contributed by atoms with Crippen molar-refractivity contribution in [2.75, 3.05) is 0 Å². The third kappa shape index (κ3) is 3.30. The summed E-state index contributed by atoms with van der Waals surface area (Å²) in [6.07, 6.45) is 1.68. The van der Waals surface area contributed by atoms with Gasteiger partial charge in [-0.25, -0.2) is 9.97 Å². The van der Waals surface area contributed by atoms with Crippen LogP contribution in [0.1, 0.15) is 31.3 Å². The van der Waals surface area contributed by atoms with Gasteiger partial charge in [-0.05, 0) is 28.1 Å². The van der Waals surface area contributed by atoms with Crippen molar-refractivity contribution in [3.8, 4) is 11.5 Å². The first-order valence-electron chi connectivity index (χ1n) is 6.10. The zero-order valence-corrected chi connectivity index (χ0v) is 12.5. The molecule has 0 aliphatic rings. The summed E-state index contributed by atoms with van der Waals surface area (Å²) in [6, 6.07) is 7.63. The second-order valence-electron chi connectivity index (χ2n) is 4.43. The van der Waals surface area contributed by atoms with Gasteiger partial charge in [-0.2, -0.15) is 0 Å². The molecule has 19 heavy (non-hydrogen) atoms. The number of hydrogen-bond acceptors (Lipinski definition) is 4. The zero-order valence-electron chi connectivity index (χ0n) is 10.9. The molecule has 0 atom stereocenters. The van der Waals surface area contributed by atoms with E-state index in [1.807, 2.05) is 38.1 Å². The highest BCUT2D eigenvalue weighted by atomic mass is 79.9. The van der Waals surface area contributed by atoms with E-state index in [-0.39, 0.29) is 5.92 Å². The van der Waals surface area contributed by atoms with Crippen LogP contribution in [-0.2, 0) is 6.54 Å². The lowest BCUT2D eigenvalue weighted by atomic mass is 10.2. The Balaban J connectivity index is 2.33. The van der Waals surface area contributed by atoms with E-state index < -0.39 is 0 Å². The van der Waals surface area contributed by atoms with Gasteiger partial charge in [0.1, 0.15) is 17.3 Å². The molecule has 2 N–H and O–H groups in total. The van der Waals surface area contributed by atoms with Gasteiger partial charge in [0, 0.05) is 12.5 Å². The fourth-order valence-electron chi connectivity index (χ4n) is 1.58. The molecule has 0 radical (unpaired) electrons. The maximum atomic E-state index is 5.81. The van der Waals surface area contributed by atoms with Crippen molar-refractivity contribution in [1.82, 2.24) is 9.97 Å². The third-order valence-corrected chi connectivity index (χ3v) is 3.27. The first-order chi connectivity index (χ1) is 9.11. The van der Waals surface area contributed by atoms with Crippen molar-refractivity contribution in [2.45, 2.75) is 26.3 Å². The number of aromatic nitrogens is 2. The molecule has 0 spiro atoms. The summed E-state index contributed by atoms with van der Waals surface area (Å²) < 4.78 is 6.69. The molecule has 2 aromatic rings.